The molecule has 2 aliphatic rings. The van der Waals surface area contributed by atoms with E-state index in [1.54, 1.807) is 0 Å². The molecule has 2 fully saturated rings. The van der Waals surface area contributed by atoms with E-state index < -0.39 is 0 Å². The minimum absolute atomic E-state index is 0.119. The van der Waals surface area contributed by atoms with Crippen LogP contribution in [0.4, 0.5) is 0 Å². The molecule has 1 N–H and O–H groups in total. The van der Waals surface area contributed by atoms with Gasteiger partial charge in [0.15, 0.2) is 0 Å². The van der Waals surface area contributed by atoms with Crippen LogP contribution in [0.3, 0.4) is 0 Å². The average molecular weight is 253 g/mol. The number of ether oxygens (including phenoxy) is 1. The summed E-state index contributed by atoms with van der Waals surface area (Å²) in [5, 5.41) is 3.25. The van der Waals surface area contributed by atoms with Gasteiger partial charge >= 0.3 is 0 Å². The quantitative estimate of drug-likeness (QED) is 0.821. The summed E-state index contributed by atoms with van der Waals surface area (Å²) in [6, 6.07) is 0.343. The highest BCUT2D eigenvalue weighted by molar-refractivity contribution is 5.81. The van der Waals surface area contributed by atoms with Crippen molar-refractivity contribution in [2.75, 3.05) is 6.61 Å². The Morgan fingerprint density at radius 2 is 1.83 bits per heavy atom. The molecule has 3 atom stereocenters. The Hall–Kier alpha value is -0.570. The second-order valence-corrected chi connectivity index (χ2v) is 6.87. The van der Waals surface area contributed by atoms with Gasteiger partial charge in [0.1, 0.15) is 6.10 Å². The highest BCUT2D eigenvalue weighted by atomic mass is 16.5. The lowest BCUT2D eigenvalue weighted by molar-refractivity contribution is -0.131. The molecular weight excluding hydrogens is 226 g/mol. The van der Waals surface area contributed by atoms with E-state index in [0.29, 0.717) is 12.0 Å². The van der Waals surface area contributed by atoms with Gasteiger partial charge in [0.25, 0.3) is 0 Å². The molecule has 1 saturated carbocycles. The van der Waals surface area contributed by atoms with E-state index in [2.05, 4.69) is 26.1 Å². The normalized spacial score (nSPS) is 33.4. The number of rotatable bonds is 2. The largest absolute Gasteiger partial charge is 0.368 e. The second-order valence-electron chi connectivity index (χ2n) is 6.87. The summed E-state index contributed by atoms with van der Waals surface area (Å²) in [6.07, 6.45) is 6.62. The second kappa shape index (κ2) is 5.60. The predicted molar refractivity (Wildman–Crippen MR) is 72.3 cm³/mol. The Balaban J connectivity index is 1.94. The number of hydrogen-bond donors (Lipinski definition) is 1. The zero-order valence-electron chi connectivity index (χ0n) is 12.0. The number of carbonyl (C=O) groups excluding carboxylic acids is 1. The minimum Gasteiger partial charge on any atom is -0.368 e. The number of hydrogen-bond acceptors (Lipinski definition) is 2. The Morgan fingerprint density at radius 3 is 2.44 bits per heavy atom. The summed E-state index contributed by atoms with van der Waals surface area (Å²) in [6.45, 7) is 7.60. The van der Waals surface area contributed by atoms with Gasteiger partial charge in [-0.05, 0) is 37.0 Å². The molecule has 1 saturated heterocycles. The minimum atomic E-state index is -0.187. The standard InChI is InChI=1S/C15H27NO2/c1-15(2,3)11-7-4-5-8-12(11)16-14(17)13-9-6-10-18-13/h11-13H,4-10H2,1-3H3,(H,16,17)/t11-,12+,13-/m1/s1. The van der Waals surface area contributed by atoms with Crippen molar-refractivity contribution in [2.45, 2.75) is 71.4 Å². The highest BCUT2D eigenvalue weighted by Crippen LogP contribution is 2.38. The summed E-state index contributed by atoms with van der Waals surface area (Å²) < 4.78 is 5.47. The van der Waals surface area contributed by atoms with E-state index >= 15 is 0 Å². The summed E-state index contributed by atoms with van der Waals surface area (Å²) >= 11 is 0. The molecule has 0 spiro atoms. The van der Waals surface area contributed by atoms with E-state index in [1.807, 2.05) is 0 Å². The number of nitrogens with one attached hydrogen (secondary N) is 1. The molecule has 2 rings (SSSR count). The van der Waals surface area contributed by atoms with E-state index in [0.717, 1.165) is 25.9 Å². The van der Waals surface area contributed by atoms with Crippen LogP contribution in [0.2, 0.25) is 0 Å². The molecule has 0 radical (unpaired) electrons. The van der Waals surface area contributed by atoms with Gasteiger partial charge in [-0.3, -0.25) is 4.79 Å². The fourth-order valence-corrected chi connectivity index (χ4v) is 3.40. The third kappa shape index (κ3) is 3.25. The molecule has 0 bridgehead atoms. The molecule has 0 aromatic carbocycles. The van der Waals surface area contributed by atoms with Gasteiger partial charge in [-0.2, -0.15) is 0 Å². The smallest absolute Gasteiger partial charge is 0.249 e. The first kappa shape index (κ1) is 13.9. The SMILES string of the molecule is CC(C)(C)[C@@H]1CCCC[C@@H]1NC(=O)[C@H]1CCCO1. The van der Waals surface area contributed by atoms with Gasteiger partial charge in [0.05, 0.1) is 0 Å². The first-order valence-electron chi connectivity index (χ1n) is 7.40. The lowest BCUT2D eigenvalue weighted by Crippen LogP contribution is -2.49. The van der Waals surface area contributed by atoms with E-state index in [-0.39, 0.29) is 17.4 Å². The Kier molecular flexibility index (Phi) is 4.31. The summed E-state index contributed by atoms with van der Waals surface area (Å²) in [5.74, 6) is 0.713. The molecule has 18 heavy (non-hydrogen) atoms. The van der Waals surface area contributed by atoms with Crippen LogP contribution in [0.15, 0.2) is 0 Å². The van der Waals surface area contributed by atoms with Gasteiger partial charge in [-0.15, -0.1) is 0 Å². The van der Waals surface area contributed by atoms with Crippen LogP contribution in [0.25, 0.3) is 0 Å². The van der Waals surface area contributed by atoms with Gasteiger partial charge in [-0.25, -0.2) is 0 Å². The van der Waals surface area contributed by atoms with Gasteiger partial charge in [0, 0.05) is 12.6 Å². The van der Waals surface area contributed by atoms with Crippen molar-refractivity contribution in [3.63, 3.8) is 0 Å². The molecule has 0 aromatic rings. The molecule has 1 aliphatic heterocycles. The molecule has 3 heteroatoms. The fourth-order valence-electron chi connectivity index (χ4n) is 3.40. The molecular formula is C15H27NO2. The predicted octanol–water partition coefficient (Wildman–Crippen LogP) is 2.89. The molecule has 0 unspecified atom stereocenters. The maximum Gasteiger partial charge on any atom is 0.249 e. The van der Waals surface area contributed by atoms with E-state index in [4.69, 9.17) is 4.74 Å². The van der Waals surface area contributed by atoms with Crippen molar-refractivity contribution in [3.8, 4) is 0 Å². The molecule has 1 aliphatic carbocycles. The monoisotopic (exact) mass is 253 g/mol. The van der Waals surface area contributed by atoms with Gasteiger partial charge < -0.3 is 10.1 Å². The number of carbonyl (C=O) groups is 1. The fraction of sp³-hybridized carbons (Fsp3) is 0.933. The Bertz CT molecular complexity index is 289. The average Bonchev–Trinajstić information content (AvgIpc) is 2.81. The van der Waals surface area contributed by atoms with Crippen LogP contribution in [0.5, 0.6) is 0 Å². The molecule has 1 amide bonds. The Morgan fingerprint density at radius 1 is 1.11 bits per heavy atom. The third-order valence-corrected chi connectivity index (χ3v) is 4.43. The molecule has 104 valence electrons. The van der Waals surface area contributed by atoms with Crippen LogP contribution in [-0.2, 0) is 9.53 Å². The maximum atomic E-state index is 12.1. The van der Waals surface area contributed by atoms with Crippen LogP contribution >= 0.6 is 0 Å². The first-order chi connectivity index (χ1) is 8.48. The molecule has 1 heterocycles. The lowest BCUT2D eigenvalue weighted by atomic mass is 9.69. The van der Waals surface area contributed by atoms with Crippen LogP contribution < -0.4 is 5.32 Å². The van der Waals surface area contributed by atoms with Gasteiger partial charge in [0.2, 0.25) is 5.91 Å². The first-order valence-corrected chi connectivity index (χ1v) is 7.40. The zero-order valence-corrected chi connectivity index (χ0v) is 12.0. The maximum absolute atomic E-state index is 12.1. The summed E-state index contributed by atoms with van der Waals surface area (Å²) in [7, 11) is 0. The summed E-state index contributed by atoms with van der Waals surface area (Å²) in [4.78, 5) is 12.1. The topological polar surface area (TPSA) is 38.3 Å². The Labute approximate surface area is 111 Å². The molecule has 3 nitrogen and oxygen atoms in total. The van der Waals surface area contributed by atoms with E-state index in [1.165, 1.54) is 19.3 Å². The molecule has 0 aromatic heterocycles. The zero-order chi connectivity index (χ0) is 13.2. The van der Waals surface area contributed by atoms with Crippen molar-refractivity contribution < 1.29 is 9.53 Å². The van der Waals surface area contributed by atoms with Crippen molar-refractivity contribution in [2.24, 2.45) is 11.3 Å². The van der Waals surface area contributed by atoms with Crippen LogP contribution in [0, 0.1) is 11.3 Å². The van der Waals surface area contributed by atoms with Gasteiger partial charge in [-0.1, -0.05) is 33.6 Å². The van der Waals surface area contributed by atoms with Crippen LogP contribution in [-0.4, -0.2) is 24.7 Å². The lowest BCUT2D eigenvalue weighted by Gasteiger charge is -2.41. The highest BCUT2D eigenvalue weighted by Gasteiger charge is 2.36. The van der Waals surface area contributed by atoms with Crippen molar-refractivity contribution in [1.82, 2.24) is 5.32 Å². The third-order valence-electron chi connectivity index (χ3n) is 4.43. The summed E-state index contributed by atoms with van der Waals surface area (Å²) in [5.41, 5.74) is 0.273. The van der Waals surface area contributed by atoms with Crippen LogP contribution in [0.1, 0.15) is 59.3 Å². The van der Waals surface area contributed by atoms with Crippen molar-refractivity contribution in [3.05, 3.63) is 0 Å². The number of amides is 1. The van der Waals surface area contributed by atoms with Crippen molar-refractivity contribution in [1.29, 1.82) is 0 Å². The van der Waals surface area contributed by atoms with Crippen molar-refractivity contribution >= 4 is 5.91 Å². The van der Waals surface area contributed by atoms with E-state index in [9.17, 15) is 4.79 Å².